The molecule has 106 valence electrons. The van der Waals surface area contributed by atoms with Crippen LogP contribution in [0.3, 0.4) is 0 Å². The van der Waals surface area contributed by atoms with Crippen molar-refractivity contribution in [3.63, 3.8) is 0 Å². The van der Waals surface area contributed by atoms with Crippen molar-refractivity contribution in [3.8, 4) is 11.8 Å². The molecule has 1 aromatic rings. The van der Waals surface area contributed by atoms with Crippen molar-refractivity contribution in [3.05, 3.63) is 22.7 Å². The second-order valence-corrected chi connectivity index (χ2v) is 3.86. The largest absolute Gasteiger partial charge is 0.504 e. The normalized spacial score (nSPS) is 11.8. The first kappa shape index (κ1) is 15.6. The molecule has 0 fully saturated rings. The van der Waals surface area contributed by atoms with Crippen LogP contribution in [-0.4, -0.2) is 16.7 Å². The van der Waals surface area contributed by atoms with Crippen LogP contribution in [0.5, 0.6) is 5.75 Å². The van der Waals surface area contributed by atoms with Crippen LogP contribution >= 0.6 is 11.6 Å². The van der Waals surface area contributed by atoms with Crippen molar-refractivity contribution in [2.24, 2.45) is 10.8 Å². The fourth-order valence-corrected chi connectivity index (χ4v) is 1.33. The molecule has 0 unspecified atom stereocenters. The van der Waals surface area contributed by atoms with E-state index in [0.29, 0.717) is 12.1 Å². The van der Waals surface area contributed by atoms with Gasteiger partial charge in [-0.1, -0.05) is 11.6 Å². The maximum Gasteiger partial charge on any atom is 0.416 e. The molecule has 0 radical (unpaired) electrons. The minimum Gasteiger partial charge on any atom is -0.504 e. The molecular formula is C10H7ClF3N5O. The Labute approximate surface area is 115 Å². The summed E-state index contributed by atoms with van der Waals surface area (Å²) in [6.45, 7) is 0. The summed E-state index contributed by atoms with van der Waals surface area (Å²) in [5.41, 5.74) is 4.87. The molecule has 0 bridgehead atoms. The number of hydrazone groups is 1. The number of anilines is 1. The van der Waals surface area contributed by atoms with Gasteiger partial charge in [0, 0.05) is 0 Å². The lowest BCUT2D eigenvalue weighted by atomic mass is 10.2. The Kier molecular flexibility index (Phi) is 4.41. The first-order chi connectivity index (χ1) is 9.16. The van der Waals surface area contributed by atoms with Gasteiger partial charge in [0.1, 0.15) is 11.8 Å². The van der Waals surface area contributed by atoms with Crippen LogP contribution in [0, 0.1) is 16.7 Å². The van der Waals surface area contributed by atoms with E-state index in [1.54, 1.807) is 0 Å². The highest BCUT2D eigenvalue weighted by atomic mass is 35.5. The highest BCUT2D eigenvalue weighted by Gasteiger charge is 2.32. The van der Waals surface area contributed by atoms with Crippen LogP contribution in [0.2, 0.25) is 5.02 Å². The third kappa shape index (κ3) is 3.52. The Bertz CT molecular complexity index is 621. The maximum atomic E-state index is 12.6. The second kappa shape index (κ2) is 5.66. The summed E-state index contributed by atoms with van der Waals surface area (Å²) in [4.78, 5) is 0. The molecule has 0 heterocycles. The summed E-state index contributed by atoms with van der Waals surface area (Å²) in [6, 6.07) is 2.55. The topological polar surface area (TPSA) is 118 Å². The van der Waals surface area contributed by atoms with Gasteiger partial charge in [-0.3, -0.25) is 10.8 Å². The number of phenols is 1. The predicted octanol–water partition coefficient (Wildman–Crippen LogP) is 2.29. The van der Waals surface area contributed by atoms with Crippen LogP contribution in [0.1, 0.15) is 5.56 Å². The van der Waals surface area contributed by atoms with Crippen LogP contribution in [0.25, 0.3) is 0 Å². The Hall–Kier alpha value is -2.47. The third-order valence-corrected chi connectivity index (χ3v) is 2.33. The van der Waals surface area contributed by atoms with Gasteiger partial charge < -0.3 is 10.8 Å². The number of nitrogens with zero attached hydrogens (tertiary/aromatic N) is 2. The fraction of sp³-hybridized carbons (Fsp3) is 0.100. The van der Waals surface area contributed by atoms with Gasteiger partial charge in [0.15, 0.2) is 11.6 Å². The van der Waals surface area contributed by atoms with Crippen LogP contribution in [0.4, 0.5) is 18.9 Å². The molecule has 0 aliphatic heterocycles. The molecule has 10 heteroatoms. The standard InChI is InChI=1S/C10H7ClF3N5O/c11-5-1-4(10(12,13)14)2-6(8(5)20)18-19-7(3-15)9(16)17/h1-2,18,20H,(H3,16,17)/b19-7+. The average molecular weight is 306 g/mol. The van der Waals surface area contributed by atoms with E-state index in [0.717, 1.165) is 0 Å². The third-order valence-electron chi connectivity index (χ3n) is 2.04. The van der Waals surface area contributed by atoms with E-state index in [1.165, 1.54) is 6.07 Å². The number of halogens is 4. The van der Waals surface area contributed by atoms with E-state index in [1.807, 2.05) is 5.43 Å². The number of amidine groups is 1. The Morgan fingerprint density at radius 1 is 1.50 bits per heavy atom. The number of alkyl halides is 3. The van der Waals surface area contributed by atoms with Gasteiger partial charge in [-0.15, -0.1) is 0 Å². The molecule has 0 amide bonds. The number of rotatable bonds is 3. The summed E-state index contributed by atoms with van der Waals surface area (Å²) in [6.07, 6.45) is -4.67. The number of nitrogens with two attached hydrogens (primary N) is 1. The minimum absolute atomic E-state index is 0.473. The predicted molar refractivity (Wildman–Crippen MR) is 66.7 cm³/mol. The number of nitrogens with one attached hydrogen (secondary N) is 2. The van der Waals surface area contributed by atoms with Gasteiger partial charge in [-0.05, 0) is 12.1 Å². The van der Waals surface area contributed by atoms with E-state index in [9.17, 15) is 18.3 Å². The molecule has 0 saturated heterocycles. The van der Waals surface area contributed by atoms with Gasteiger partial charge in [0.05, 0.1) is 10.6 Å². The van der Waals surface area contributed by atoms with Gasteiger partial charge in [0.2, 0.25) is 5.71 Å². The summed E-state index contributed by atoms with van der Waals surface area (Å²) < 4.78 is 37.7. The molecule has 0 spiro atoms. The van der Waals surface area contributed by atoms with Gasteiger partial charge in [-0.25, -0.2) is 0 Å². The zero-order chi connectivity index (χ0) is 15.5. The Balaban J connectivity index is 3.23. The summed E-state index contributed by atoms with van der Waals surface area (Å²) in [5.74, 6) is -1.36. The number of hydrogen-bond donors (Lipinski definition) is 4. The smallest absolute Gasteiger partial charge is 0.416 e. The van der Waals surface area contributed by atoms with Crippen LogP contribution in [0.15, 0.2) is 17.2 Å². The first-order valence-electron chi connectivity index (χ1n) is 4.84. The van der Waals surface area contributed by atoms with Crippen molar-refractivity contribution >= 4 is 28.8 Å². The fourth-order valence-electron chi connectivity index (χ4n) is 1.11. The van der Waals surface area contributed by atoms with E-state index < -0.39 is 39.7 Å². The average Bonchev–Trinajstić information content (AvgIpc) is 2.33. The number of benzene rings is 1. The van der Waals surface area contributed by atoms with Crippen LogP contribution < -0.4 is 11.2 Å². The lowest BCUT2D eigenvalue weighted by Crippen LogP contribution is -2.21. The molecular weight excluding hydrogens is 299 g/mol. The van der Waals surface area contributed by atoms with Crippen molar-refractivity contribution in [2.45, 2.75) is 6.18 Å². The molecule has 0 atom stereocenters. The zero-order valence-electron chi connectivity index (χ0n) is 9.59. The quantitative estimate of drug-likeness (QED) is 0.296. The Morgan fingerprint density at radius 3 is 2.55 bits per heavy atom. The summed E-state index contributed by atoms with van der Waals surface area (Å²) in [5, 5.41) is 27.8. The highest BCUT2D eigenvalue weighted by molar-refractivity contribution is 6.45. The molecule has 1 aromatic carbocycles. The molecule has 5 N–H and O–H groups in total. The monoisotopic (exact) mass is 305 g/mol. The number of aromatic hydroxyl groups is 1. The van der Waals surface area contributed by atoms with Gasteiger partial charge >= 0.3 is 6.18 Å². The maximum absolute atomic E-state index is 12.6. The number of phenolic OH excluding ortho intramolecular Hbond substituents is 1. The molecule has 20 heavy (non-hydrogen) atoms. The lowest BCUT2D eigenvalue weighted by Gasteiger charge is -2.11. The SMILES string of the molecule is N#C/C(=N\Nc1cc(C(F)(F)F)cc(Cl)c1O)C(=N)N. The van der Waals surface area contributed by atoms with E-state index in [2.05, 4.69) is 5.10 Å². The zero-order valence-corrected chi connectivity index (χ0v) is 10.3. The minimum atomic E-state index is -4.67. The molecule has 0 aromatic heterocycles. The second-order valence-electron chi connectivity index (χ2n) is 3.45. The van der Waals surface area contributed by atoms with Gasteiger partial charge in [-0.2, -0.15) is 23.5 Å². The molecule has 0 aliphatic rings. The number of hydrogen-bond acceptors (Lipinski definition) is 5. The molecule has 0 saturated carbocycles. The van der Waals surface area contributed by atoms with Crippen molar-refractivity contribution in [2.75, 3.05) is 5.43 Å². The molecule has 6 nitrogen and oxygen atoms in total. The highest BCUT2D eigenvalue weighted by Crippen LogP contribution is 2.39. The number of nitriles is 1. The lowest BCUT2D eigenvalue weighted by molar-refractivity contribution is -0.137. The Morgan fingerprint density at radius 2 is 2.10 bits per heavy atom. The summed E-state index contributed by atoms with van der Waals surface area (Å²) >= 11 is 5.47. The summed E-state index contributed by atoms with van der Waals surface area (Å²) in [7, 11) is 0. The van der Waals surface area contributed by atoms with E-state index >= 15 is 0 Å². The van der Waals surface area contributed by atoms with Crippen LogP contribution in [-0.2, 0) is 6.18 Å². The van der Waals surface area contributed by atoms with E-state index in [4.69, 9.17) is 28.0 Å². The van der Waals surface area contributed by atoms with E-state index in [-0.39, 0.29) is 0 Å². The molecule has 0 aliphatic carbocycles. The first-order valence-corrected chi connectivity index (χ1v) is 5.22. The van der Waals surface area contributed by atoms with Crippen molar-refractivity contribution in [1.82, 2.24) is 0 Å². The van der Waals surface area contributed by atoms with Crippen molar-refractivity contribution < 1.29 is 18.3 Å². The molecule has 1 rings (SSSR count). The van der Waals surface area contributed by atoms with Crippen molar-refractivity contribution in [1.29, 1.82) is 10.7 Å². The van der Waals surface area contributed by atoms with Gasteiger partial charge in [0.25, 0.3) is 0 Å².